The number of carbonyl (C=O) groups excluding carboxylic acids is 2. The van der Waals surface area contributed by atoms with Crippen molar-refractivity contribution in [1.29, 1.82) is 0 Å². The molecule has 2 heterocycles. The van der Waals surface area contributed by atoms with Crippen LogP contribution in [0.15, 0.2) is 72.1 Å². The van der Waals surface area contributed by atoms with Crippen molar-refractivity contribution in [2.24, 2.45) is 0 Å². The fraction of sp³-hybridized carbons (Fsp3) is 0.259. The van der Waals surface area contributed by atoms with E-state index in [2.05, 4.69) is 11.4 Å². The lowest BCUT2D eigenvalue weighted by Gasteiger charge is -2.37. The SMILES string of the molecule is COCCN(CC(=O)N1CCc2sccc2C1c1ccccc1)C(=O)C=Cc1ccc([N+](=O)[O-])cc1. The zero-order valence-corrected chi connectivity index (χ0v) is 20.7. The van der Waals surface area contributed by atoms with Crippen LogP contribution in [-0.4, -0.2) is 59.9 Å². The van der Waals surface area contributed by atoms with Gasteiger partial charge in [-0.1, -0.05) is 30.3 Å². The summed E-state index contributed by atoms with van der Waals surface area (Å²) in [5, 5.41) is 12.9. The number of carbonyl (C=O) groups is 2. The summed E-state index contributed by atoms with van der Waals surface area (Å²) in [6, 6.07) is 17.7. The van der Waals surface area contributed by atoms with E-state index < -0.39 is 4.92 Å². The Kier molecular flexibility index (Phi) is 8.24. The number of nitrogens with zero attached hydrogens (tertiary/aromatic N) is 3. The molecule has 1 aliphatic heterocycles. The molecule has 9 heteroatoms. The second kappa shape index (κ2) is 11.7. The second-order valence-electron chi connectivity index (χ2n) is 8.38. The van der Waals surface area contributed by atoms with Gasteiger partial charge in [0.2, 0.25) is 11.8 Å². The van der Waals surface area contributed by atoms with Gasteiger partial charge >= 0.3 is 0 Å². The van der Waals surface area contributed by atoms with E-state index in [0.717, 1.165) is 17.5 Å². The van der Waals surface area contributed by atoms with Crippen LogP contribution in [0.4, 0.5) is 5.69 Å². The van der Waals surface area contributed by atoms with E-state index >= 15 is 0 Å². The summed E-state index contributed by atoms with van der Waals surface area (Å²) in [4.78, 5) is 41.6. The average Bonchev–Trinajstić information content (AvgIpc) is 3.38. The van der Waals surface area contributed by atoms with Crippen LogP contribution in [0.2, 0.25) is 0 Å². The van der Waals surface area contributed by atoms with E-state index in [4.69, 9.17) is 4.74 Å². The van der Waals surface area contributed by atoms with Gasteiger partial charge in [0.1, 0.15) is 6.54 Å². The van der Waals surface area contributed by atoms with Crippen LogP contribution in [0, 0.1) is 10.1 Å². The van der Waals surface area contributed by atoms with Crippen molar-refractivity contribution in [3.8, 4) is 0 Å². The van der Waals surface area contributed by atoms with E-state index in [1.165, 1.54) is 28.0 Å². The number of amides is 2. The molecule has 4 rings (SSSR count). The smallest absolute Gasteiger partial charge is 0.269 e. The molecule has 1 unspecified atom stereocenters. The zero-order valence-electron chi connectivity index (χ0n) is 19.9. The van der Waals surface area contributed by atoms with Gasteiger partial charge in [-0.15, -0.1) is 11.3 Å². The van der Waals surface area contributed by atoms with Crippen LogP contribution >= 0.6 is 11.3 Å². The van der Waals surface area contributed by atoms with Gasteiger partial charge in [-0.25, -0.2) is 0 Å². The Balaban J connectivity index is 1.51. The minimum atomic E-state index is -0.473. The highest BCUT2D eigenvalue weighted by molar-refractivity contribution is 7.10. The number of thiophene rings is 1. The summed E-state index contributed by atoms with van der Waals surface area (Å²) in [5.74, 6) is -0.461. The van der Waals surface area contributed by atoms with Gasteiger partial charge in [-0.05, 0) is 52.8 Å². The molecule has 0 saturated heterocycles. The van der Waals surface area contributed by atoms with Crippen LogP contribution in [0.25, 0.3) is 6.08 Å². The molecule has 0 N–H and O–H groups in total. The first-order valence-corrected chi connectivity index (χ1v) is 12.5. The van der Waals surface area contributed by atoms with Gasteiger partial charge in [-0.3, -0.25) is 19.7 Å². The molecular weight excluding hydrogens is 478 g/mol. The Morgan fingerprint density at radius 1 is 1.17 bits per heavy atom. The van der Waals surface area contributed by atoms with Gasteiger partial charge in [0.05, 0.1) is 17.6 Å². The summed E-state index contributed by atoms with van der Waals surface area (Å²) in [6.07, 6.45) is 3.75. The zero-order chi connectivity index (χ0) is 25.5. The lowest BCUT2D eigenvalue weighted by molar-refractivity contribution is -0.384. The fourth-order valence-electron chi connectivity index (χ4n) is 4.28. The quantitative estimate of drug-likeness (QED) is 0.245. The summed E-state index contributed by atoms with van der Waals surface area (Å²) in [7, 11) is 1.55. The van der Waals surface area contributed by atoms with Gasteiger partial charge in [0.25, 0.3) is 5.69 Å². The van der Waals surface area contributed by atoms with Crippen molar-refractivity contribution in [3.63, 3.8) is 0 Å². The lowest BCUT2D eigenvalue weighted by Crippen LogP contribution is -2.47. The van der Waals surface area contributed by atoms with Crippen LogP contribution in [-0.2, 0) is 20.7 Å². The molecule has 8 nitrogen and oxygen atoms in total. The number of hydrogen-bond donors (Lipinski definition) is 0. The topological polar surface area (TPSA) is 93.0 Å². The largest absolute Gasteiger partial charge is 0.383 e. The lowest BCUT2D eigenvalue weighted by atomic mass is 9.93. The predicted octanol–water partition coefficient (Wildman–Crippen LogP) is 4.32. The van der Waals surface area contributed by atoms with Crippen molar-refractivity contribution >= 4 is 34.9 Å². The van der Waals surface area contributed by atoms with Gasteiger partial charge < -0.3 is 14.5 Å². The molecule has 0 bridgehead atoms. The second-order valence-corrected chi connectivity index (χ2v) is 9.38. The average molecular weight is 506 g/mol. The van der Waals surface area contributed by atoms with E-state index in [1.807, 2.05) is 35.2 Å². The molecule has 1 atom stereocenters. The van der Waals surface area contributed by atoms with Gasteiger partial charge in [-0.2, -0.15) is 0 Å². The van der Waals surface area contributed by atoms with Gasteiger partial charge in [0, 0.05) is 43.3 Å². The summed E-state index contributed by atoms with van der Waals surface area (Å²) in [6.45, 7) is 1.06. The first kappa shape index (κ1) is 25.3. The molecule has 186 valence electrons. The maximum atomic E-state index is 13.6. The summed E-state index contributed by atoms with van der Waals surface area (Å²) in [5.41, 5.74) is 2.81. The summed E-state index contributed by atoms with van der Waals surface area (Å²) >= 11 is 1.71. The number of rotatable bonds is 9. The van der Waals surface area contributed by atoms with E-state index in [9.17, 15) is 19.7 Å². The fourth-order valence-corrected chi connectivity index (χ4v) is 5.19. The maximum Gasteiger partial charge on any atom is 0.269 e. The van der Waals surface area contributed by atoms with Gasteiger partial charge in [0.15, 0.2) is 0 Å². The van der Waals surface area contributed by atoms with Crippen molar-refractivity contribution in [3.05, 3.63) is 104 Å². The third-order valence-electron chi connectivity index (χ3n) is 6.13. The van der Waals surface area contributed by atoms with Crippen LogP contribution in [0.1, 0.15) is 27.6 Å². The highest BCUT2D eigenvalue weighted by Gasteiger charge is 2.33. The standard InChI is InChI=1S/C27H27N3O5S/c1-35-17-16-28(25(31)12-9-20-7-10-22(11-8-20)30(33)34)19-26(32)29-15-13-24-23(14-18-36-24)27(29)21-5-3-2-4-6-21/h2-12,14,18,27H,13,15-17,19H2,1H3. The minimum absolute atomic E-state index is 0.0194. The van der Waals surface area contributed by atoms with Crippen LogP contribution < -0.4 is 0 Å². The number of hydrogen-bond acceptors (Lipinski definition) is 6. The Hall–Kier alpha value is -3.82. The first-order valence-electron chi connectivity index (χ1n) is 11.6. The summed E-state index contributed by atoms with van der Waals surface area (Å²) < 4.78 is 5.17. The molecule has 2 amide bonds. The number of nitro benzene ring substituents is 1. The number of fused-ring (bicyclic) bond motifs is 1. The van der Waals surface area contributed by atoms with E-state index in [1.54, 1.807) is 36.7 Å². The predicted molar refractivity (Wildman–Crippen MR) is 139 cm³/mol. The Bertz CT molecular complexity index is 1240. The number of non-ortho nitro benzene ring substituents is 1. The van der Waals surface area contributed by atoms with Crippen molar-refractivity contribution in [1.82, 2.24) is 9.80 Å². The number of nitro groups is 1. The Morgan fingerprint density at radius 3 is 2.61 bits per heavy atom. The normalized spacial score (nSPS) is 15.0. The molecular formula is C27H27N3O5S. The molecule has 0 saturated carbocycles. The highest BCUT2D eigenvalue weighted by atomic mass is 32.1. The van der Waals surface area contributed by atoms with Crippen LogP contribution in [0.5, 0.6) is 0 Å². The monoisotopic (exact) mass is 505 g/mol. The third-order valence-corrected chi connectivity index (χ3v) is 7.12. The highest BCUT2D eigenvalue weighted by Crippen LogP contribution is 2.37. The van der Waals surface area contributed by atoms with Crippen LogP contribution in [0.3, 0.4) is 0 Å². The van der Waals surface area contributed by atoms with Crippen molar-refractivity contribution in [2.45, 2.75) is 12.5 Å². The van der Waals surface area contributed by atoms with Crippen molar-refractivity contribution < 1.29 is 19.2 Å². The molecule has 2 aromatic carbocycles. The Labute approximate surface area is 213 Å². The third kappa shape index (κ3) is 5.87. The number of benzene rings is 2. The molecule has 36 heavy (non-hydrogen) atoms. The molecule has 0 fully saturated rings. The first-order chi connectivity index (χ1) is 17.5. The van der Waals surface area contributed by atoms with E-state index in [0.29, 0.717) is 18.7 Å². The Morgan fingerprint density at radius 2 is 1.92 bits per heavy atom. The number of methoxy groups -OCH3 is 1. The molecule has 3 aromatic rings. The molecule has 0 spiro atoms. The van der Waals surface area contributed by atoms with E-state index in [-0.39, 0.29) is 36.6 Å². The maximum absolute atomic E-state index is 13.6. The molecule has 0 radical (unpaired) electrons. The molecule has 1 aliphatic rings. The molecule has 0 aliphatic carbocycles. The minimum Gasteiger partial charge on any atom is -0.383 e. The van der Waals surface area contributed by atoms with Crippen molar-refractivity contribution in [2.75, 3.05) is 33.4 Å². The number of ether oxygens (including phenoxy) is 1. The molecule has 1 aromatic heterocycles.